The van der Waals surface area contributed by atoms with E-state index in [-0.39, 0.29) is 17.3 Å². The van der Waals surface area contributed by atoms with Crippen LogP contribution in [0.5, 0.6) is 5.75 Å². The third kappa shape index (κ3) is 1.88. The van der Waals surface area contributed by atoms with Gasteiger partial charge in [0.15, 0.2) is 0 Å². The molecule has 2 nitrogen and oxygen atoms in total. The van der Waals surface area contributed by atoms with Gasteiger partial charge in [-0.3, -0.25) is 4.79 Å². The summed E-state index contributed by atoms with van der Waals surface area (Å²) < 4.78 is 6.90. The molecule has 0 saturated heterocycles. The monoisotopic (exact) mass is 282 g/mol. The van der Waals surface area contributed by atoms with Crippen LogP contribution in [0.25, 0.3) is 0 Å². The average Bonchev–Trinajstić information content (AvgIpc) is 2.23. The Balaban J connectivity index is 2.11. The van der Waals surface area contributed by atoms with Gasteiger partial charge in [0.2, 0.25) is 0 Å². The molecule has 16 heavy (non-hydrogen) atoms. The molecule has 0 amide bonds. The van der Waals surface area contributed by atoms with Crippen LogP contribution in [-0.2, 0) is 4.79 Å². The summed E-state index contributed by atoms with van der Waals surface area (Å²) in [6, 6.07) is 5.89. The van der Waals surface area contributed by atoms with Crippen LogP contribution in [0.15, 0.2) is 22.7 Å². The minimum Gasteiger partial charge on any atom is -0.489 e. The van der Waals surface area contributed by atoms with Crippen molar-refractivity contribution in [3.05, 3.63) is 28.2 Å². The molecule has 86 valence electrons. The van der Waals surface area contributed by atoms with Gasteiger partial charge in [0, 0.05) is 10.9 Å². The van der Waals surface area contributed by atoms with Gasteiger partial charge in [0.25, 0.3) is 0 Å². The summed E-state index contributed by atoms with van der Waals surface area (Å²) in [5.41, 5.74) is 0.807. The normalized spacial score (nSPS) is 22.8. The zero-order valence-corrected chi connectivity index (χ0v) is 11.3. The number of hydrogen-bond donors (Lipinski definition) is 0. The number of benzene rings is 1. The zero-order chi connectivity index (χ0) is 11.9. The fourth-order valence-electron chi connectivity index (χ4n) is 1.78. The molecule has 3 heteroatoms. The smallest absolute Gasteiger partial charge is 0.145 e. The van der Waals surface area contributed by atoms with Gasteiger partial charge in [-0.2, -0.15) is 0 Å². The van der Waals surface area contributed by atoms with E-state index in [1.807, 2.05) is 39.0 Å². The minimum atomic E-state index is -0.332. The Bertz CT molecular complexity index is 438. The van der Waals surface area contributed by atoms with Gasteiger partial charge in [-0.15, -0.1) is 0 Å². The number of aryl methyl sites for hydroxylation is 1. The molecule has 2 rings (SSSR count). The SMILES string of the molecule is Cc1cc(OC2CC(=O)C2(C)C)ccc1Br. The van der Waals surface area contributed by atoms with Crippen molar-refractivity contribution in [2.45, 2.75) is 33.3 Å². The highest BCUT2D eigenvalue weighted by Crippen LogP contribution is 2.39. The lowest BCUT2D eigenvalue weighted by Gasteiger charge is -2.41. The molecule has 0 N–H and O–H groups in total. The molecule has 0 aromatic heterocycles. The van der Waals surface area contributed by atoms with E-state index >= 15 is 0 Å². The fourth-order valence-corrected chi connectivity index (χ4v) is 2.03. The number of ketones is 1. The van der Waals surface area contributed by atoms with Gasteiger partial charge in [0.1, 0.15) is 17.6 Å². The van der Waals surface area contributed by atoms with Crippen LogP contribution in [-0.4, -0.2) is 11.9 Å². The highest BCUT2D eigenvalue weighted by atomic mass is 79.9. The second kappa shape index (κ2) is 3.88. The van der Waals surface area contributed by atoms with Gasteiger partial charge >= 0.3 is 0 Å². The van der Waals surface area contributed by atoms with Crippen molar-refractivity contribution in [1.82, 2.24) is 0 Å². The van der Waals surface area contributed by atoms with E-state index < -0.39 is 0 Å². The van der Waals surface area contributed by atoms with Crippen molar-refractivity contribution in [2.75, 3.05) is 0 Å². The zero-order valence-electron chi connectivity index (χ0n) is 9.71. The van der Waals surface area contributed by atoms with Gasteiger partial charge in [-0.1, -0.05) is 15.9 Å². The second-order valence-electron chi connectivity index (χ2n) is 4.87. The van der Waals surface area contributed by atoms with Crippen LogP contribution in [0, 0.1) is 12.3 Å². The molecule has 1 atom stereocenters. The summed E-state index contributed by atoms with van der Waals surface area (Å²) >= 11 is 3.45. The highest BCUT2D eigenvalue weighted by molar-refractivity contribution is 9.10. The van der Waals surface area contributed by atoms with E-state index in [4.69, 9.17) is 4.74 Å². The quantitative estimate of drug-likeness (QED) is 0.830. The molecule has 0 aliphatic heterocycles. The molecule has 1 aliphatic rings. The van der Waals surface area contributed by atoms with Crippen molar-refractivity contribution in [3.63, 3.8) is 0 Å². The number of carbonyl (C=O) groups is 1. The first-order chi connectivity index (χ1) is 7.41. The minimum absolute atomic E-state index is 0.0144. The summed E-state index contributed by atoms with van der Waals surface area (Å²) in [4.78, 5) is 11.4. The number of halogens is 1. The number of hydrogen-bond acceptors (Lipinski definition) is 2. The molecular formula is C13H15BrO2. The summed E-state index contributed by atoms with van der Waals surface area (Å²) in [7, 11) is 0. The van der Waals surface area contributed by atoms with Crippen LogP contribution in [0.4, 0.5) is 0 Å². The fraction of sp³-hybridized carbons (Fsp3) is 0.462. The third-order valence-electron chi connectivity index (χ3n) is 3.30. The van der Waals surface area contributed by atoms with E-state index in [2.05, 4.69) is 15.9 Å². The molecule has 0 bridgehead atoms. The Morgan fingerprint density at radius 2 is 2.12 bits per heavy atom. The van der Waals surface area contributed by atoms with Crippen LogP contribution < -0.4 is 4.74 Å². The molecule has 1 saturated carbocycles. The molecule has 0 heterocycles. The van der Waals surface area contributed by atoms with E-state index in [0.29, 0.717) is 6.42 Å². The van der Waals surface area contributed by atoms with E-state index in [0.717, 1.165) is 15.8 Å². The van der Waals surface area contributed by atoms with Crippen molar-refractivity contribution < 1.29 is 9.53 Å². The van der Waals surface area contributed by atoms with Gasteiger partial charge in [0.05, 0.1) is 5.41 Å². The lowest BCUT2D eigenvalue weighted by Crippen LogP contribution is -2.52. The molecule has 1 fully saturated rings. The standard InChI is InChI=1S/C13H15BrO2/c1-8-6-9(4-5-10(8)14)16-12-7-11(15)13(12,2)3/h4-6,12H,7H2,1-3H3. The molecule has 0 spiro atoms. The number of Topliss-reactive ketones (excluding diaryl/α,β-unsaturated/α-hetero) is 1. The van der Waals surface area contributed by atoms with Crippen molar-refractivity contribution in [2.24, 2.45) is 5.41 Å². The Labute approximate surface area is 104 Å². The predicted molar refractivity (Wildman–Crippen MR) is 66.7 cm³/mol. The first-order valence-corrected chi connectivity index (χ1v) is 6.16. The lowest BCUT2D eigenvalue weighted by atomic mass is 9.68. The predicted octanol–water partition coefficient (Wildman–Crippen LogP) is 3.50. The summed E-state index contributed by atoms with van der Waals surface area (Å²) in [5, 5.41) is 0. The van der Waals surface area contributed by atoms with Gasteiger partial charge < -0.3 is 4.74 Å². The Morgan fingerprint density at radius 3 is 2.62 bits per heavy atom. The maximum Gasteiger partial charge on any atom is 0.145 e. The molecule has 1 aromatic carbocycles. The largest absolute Gasteiger partial charge is 0.489 e. The first-order valence-electron chi connectivity index (χ1n) is 5.37. The molecule has 1 aliphatic carbocycles. The Hall–Kier alpha value is -0.830. The number of rotatable bonds is 2. The maximum absolute atomic E-state index is 11.4. The summed E-state index contributed by atoms with van der Waals surface area (Å²) in [6.07, 6.45) is 0.544. The summed E-state index contributed by atoms with van der Waals surface area (Å²) in [5.74, 6) is 1.12. The van der Waals surface area contributed by atoms with E-state index in [1.165, 1.54) is 0 Å². The van der Waals surface area contributed by atoms with Crippen LogP contribution in [0.1, 0.15) is 25.8 Å². The second-order valence-corrected chi connectivity index (χ2v) is 5.72. The van der Waals surface area contributed by atoms with Crippen LogP contribution >= 0.6 is 15.9 Å². The van der Waals surface area contributed by atoms with Crippen molar-refractivity contribution in [3.8, 4) is 5.75 Å². The molecule has 1 aromatic rings. The van der Waals surface area contributed by atoms with Crippen LogP contribution in [0.2, 0.25) is 0 Å². The van der Waals surface area contributed by atoms with Crippen molar-refractivity contribution in [1.29, 1.82) is 0 Å². The third-order valence-corrected chi connectivity index (χ3v) is 4.19. The van der Waals surface area contributed by atoms with Crippen molar-refractivity contribution >= 4 is 21.7 Å². The highest BCUT2D eigenvalue weighted by Gasteiger charge is 2.49. The Morgan fingerprint density at radius 1 is 1.44 bits per heavy atom. The van der Waals surface area contributed by atoms with Crippen LogP contribution in [0.3, 0.4) is 0 Å². The molecular weight excluding hydrogens is 268 g/mol. The lowest BCUT2D eigenvalue weighted by molar-refractivity contribution is -0.148. The molecule has 1 unspecified atom stereocenters. The average molecular weight is 283 g/mol. The number of carbonyl (C=O) groups excluding carboxylic acids is 1. The van der Waals surface area contributed by atoms with Gasteiger partial charge in [-0.05, 0) is 44.5 Å². The Kier molecular flexibility index (Phi) is 2.82. The first kappa shape index (κ1) is 11.6. The number of ether oxygens (including phenoxy) is 1. The van der Waals surface area contributed by atoms with E-state index in [9.17, 15) is 4.79 Å². The van der Waals surface area contributed by atoms with E-state index in [1.54, 1.807) is 0 Å². The topological polar surface area (TPSA) is 26.3 Å². The summed E-state index contributed by atoms with van der Waals surface area (Å²) in [6.45, 7) is 5.90. The van der Waals surface area contributed by atoms with Gasteiger partial charge in [-0.25, -0.2) is 0 Å². The maximum atomic E-state index is 11.4. The molecule has 0 radical (unpaired) electrons.